The van der Waals surface area contributed by atoms with Crippen LogP contribution in [0.15, 0.2) is 97.1 Å². The first-order valence-electron chi connectivity index (χ1n) is 10.9. The molecule has 0 radical (unpaired) electrons. The number of carbonyl (C=O) groups excluding carboxylic acids is 1. The molecule has 172 valence electrons. The van der Waals surface area contributed by atoms with Gasteiger partial charge >= 0.3 is 5.97 Å². The molecule has 4 aromatic carbocycles. The van der Waals surface area contributed by atoms with Gasteiger partial charge in [-0.25, -0.2) is 9.18 Å². The lowest BCUT2D eigenvalue weighted by Crippen LogP contribution is -2.27. The van der Waals surface area contributed by atoms with Crippen molar-refractivity contribution in [3.63, 3.8) is 0 Å². The zero-order chi connectivity index (χ0) is 24.5. The fraction of sp³-hybridized carbons (Fsp3) is 0.0345. The number of rotatable bonds is 5. The second-order valence-electron chi connectivity index (χ2n) is 8.16. The molecular weight excluding hydrogens is 465 g/mol. The fourth-order valence-electron chi connectivity index (χ4n) is 4.40. The normalized spacial score (nSPS) is 14.1. The number of carbonyl (C=O) groups is 2. The number of para-hydroxylation sites is 1. The third-order valence-electron chi connectivity index (χ3n) is 5.95. The molecule has 1 amide bonds. The van der Waals surface area contributed by atoms with Crippen LogP contribution >= 0.6 is 11.6 Å². The minimum absolute atomic E-state index is 0.0279. The predicted molar refractivity (Wildman–Crippen MR) is 135 cm³/mol. The number of carboxylic acid groups (broad SMARTS) is 1. The maximum Gasteiger partial charge on any atom is 0.335 e. The molecule has 0 bridgehead atoms. The molecule has 0 atom stereocenters. The van der Waals surface area contributed by atoms with Gasteiger partial charge in [0.25, 0.3) is 5.91 Å². The Kier molecular flexibility index (Phi) is 5.93. The number of hydrogen-bond donors (Lipinski definition) is 1. The first-order chi connectivity index (χ1) is 16.9. The maximum atomic E-state index is 15.2. The van der Waals surface area contributed by atoms with E-state index in [4.69, 9.17) is 11.6 Å². The summed E-state index contributed by atoms with van der Waals surface area (Å²) in [5.41, 5.74) is 3.97. The molecule has 1 N–H and O–H groups in total. The molecule has 0 aromatic heterocycles. The van der Waals surface area contributed by atoms with Crippen LogP contribution in [0.3, 0.4) is 0 Å². The van der Waals surface area contributed by atoms with Gasteiger partial charge in [-0.2, -0.15) is 0 Å². The third kappa shape index (κ3) is 4.22. The summed E-state index contributed by atoms with van der Waals surface area (Å²) in [5, 5.41) is 9.92. The second-order valence-corrected chi connectivity index (χ2v) is 8.59. The summed E-state index contributed by atoms with van der Waals surface area (Å²) in [5.74, 6) is -1.95. The van der Waals surface area contributed by atoms with E-state index in [2.05, 4.69) is 0 Å². The van der Waals surface area contributed by atoms with Crippen LogP contribution in [0.25, 0.3) is 11.1 Å². The number of benzene rings is 4. The average molecular weight is 484 g/mol. The lowest BCUT2D eigenvalue weighted by Gasteiger charge is -2.18. The van der Waals surface area contributed by atoms with Crippen LogP contribution < -0.4 is 4.90 Å². The standard InChI is InChI=1S/C29H19ClFNO3/c30-22-14-12-20(13-15-22)25(19-7-2-1-3-8-19)26-23-10-5-11-24(31)27(23)32(28(26)33)17-18-6-4-9-21(16-18)29(34)35/h1-16H,17H2,(H,34,35). The maximum absolute atomic E-state index is 15.2. The van der Waals surface area contributed by atoms with Crippen molar-refractivity contribution in [2.24, 2.45) is 0 Å². The molecule has 6 heteroatoms. The topological polar surface area (TPSA) is 57.6 Å². The number of anilines is 1. The van der Waals surface area contributed by atoms with Crippen molar-refractivity contribution >= 4 is 40.3 Å². The van der Waals surface area contributed by atoms with E-state index in [9.17, 15) is 14.7 Å². The number of amides is 1. The van der Waals surface area contributed by atoms with Crippen molar-refractivity contribution in [1.82, 2.24) is 0 Å². The third-order valence-corrected chi connectivity index (χ3v) is 6.20. The van der Waals surface area contributed by atoms with E-state index in [0.29, 0.717) is 27.3 Å². The van der Waals surface area contributed by atoms with Crippen LogP contribution in [-0.4, -0.2) is 17.0 Å². The van der Waals surface area contributed by atoms with Gasteiger partial charge in [-0.3, -0.25) is 4.79 Å². The first kappa shape index (κ1) is 22.6. The van der Waals surface area contributed by atoms with E-state index in [-0.39, 0.29) is 23.7 Å². The van der Waals surface area contributed by atoms with Gasteiger partial charge in [0, 0.05) is 16.2 Å². The Morgan fingerprint density at radius 2 is 1.49 bits per heavy atom. The van der Waals surface area contributed by atoms with E-state index in [1.54, 1.807) is 36.4 Å². The van der Waals surface area contributed by atoms with Gasteiger partial charge in [0.15, 0.2) is 0 Å². The van der Waals surface area contributed by atoms with E-state index in [1.807, 2.05) is 42.5 Å². The zero-order valence-corrected chi connectivity index (χ0v) is 19.2. The summed E-state index contributed by atoms with van der Waals surface area (Å²) in [6.07, 6.45) is 0. The van der Waals surface area contributed by atoms with Crippen LogP contribution in [0.2, 0.25) is 5.02 Å². The van der Waals surface area contributed by atoms with Crippen LogP contribution in [0.5, 0.6) is 0 Å². The van der Waals surface area contributed by atoms with Gasteiger partial charge in [-0.1, -0.05) is 78.3 Å². The van der Waals surface area contributed by atoms with E-state index in [1.165, 1.54) is 23.1 Å². The number of aromatic carboxylic acids is 1. The molecule has 0 spiro atoms. The Balaban J connectivity index is 1.72. The molecule has 4 nitrogen and oxygen atoms in total. The lowest BCUT2D eigenvalue weighted by atomic mass is 9.90. The Bertz CT molecular complexity index is 1480. The molecule has 1 aliphatic rings. The fourth-order valence-corrected chi connectivity index (χ4v) is 4.52. The van der Waals surface area contributed by atoms with Crippen molar-refractivity contribution in [2.75, 3.05) is 4.90 Å². The molecule has 35 heavy (non-hydrogen) atoms. The van der Waals surface area contributed by atoms with Crippen LogP contribution in [-0.2, 0) is 11.3 Å². The summed E-state index contributed by atoms with van der Waals surface area (Å²) in [7, 11) is 0. The quantitative estimate of drug-likeness (QED) is 0.322. The van der Waals surface area contributed by atoms with Gasteiger partial charge in [0.1, 0.15) is 5.82 Å². The van der Waals surface area contributed by atoms with Crippen molar-refractivity contribution in [2.45, 2.75) is 6.54 Å². The molecule has 4 aromatic rings. The summed E-state index contributed by atoms with van der Waals surface area (Å²) in [6.45, 7) is 0.0279. The van der Waals surface area contributed by atoms with Gasteiger partial charge in [0.05, 0.1) is 23.4 Å². The molecule has 0 aliphatic carbocycles. The molecule has 0 fully saturated rings. The van der Waals surface area contributed by atoms with Gasteiger partial charge in [0.2, 0.25) is 0 Å². The highest BCUT2D eigenvalue weighted by Gasteiger charge is 2.37. The number of fused-ring (bicyclic) bond motifs is 1. The second kappa shape index (κ2) is 9.20. The zero-order valence-electron chi connectivity index (χ0n) is 18.4. The predicted octanol–water partition coefficient (Wildman–Crippen LogP) is 6.68. The summed E-state index contributed by atoms with van der Waals surface area (Å²) in [6, 6.07) is 27.6. The van der Waals surface area contributed by atoms with Gasteiger partial charge in [-0.05, 0) is 47.0 Å². The molecule has 0 saturated carbocycles. The van der Waals surface area contributed by atoms with Crippen molar-refractivity contribution in [3.8, 4) is 0 Å². The molecule has 0 unspecified atom stereocenters. The largest absolute Gasteiger partial charge is 0.478 e. The molecule has 0 saturated heterocycles. The van der Waals surface area contributed by atoms with E-state index < -0.39 is 11.8 Å². The SMILES string of the molecule is O=C(O)c1cccc(CN2C(=O)C(=C(c3ccccc3)c3ccc(Cl)cc3)c3cccc(F)c32)c1. The summed E-state index contributed by atoms with van der Waals surface area (Å²) < 4.78 is 15.2. The van der Waals surface area contributed by atoms with E-state index in [0.717, 1.165) is 11.1 Å². The minimum atomic E-state index is -1.07. The van der Waals surface area contributed by atoms with Crippen LogP contribution in [0, 0.1) is 5.82 Å². The summed E-state index contributed by atoms with van der Waals surface area (Å²) >= 11 is 6.12. The molecule has 1 aliphatic heterocycles. The Labute approximate surface area is 206 Å². The van der Waals surface area contributed by atoms with Crippen LogP contribution in [0.4, 0.5) is 10.1 Å². The highest BCUT2D eigenvalue weighted by molar-refractivity contribution is 6.39. The van der Waals surface area contributed by atoms with Gasteiger partial charge < -0.3 is 10.0 Å². The highest BCUT2D eigenvalue weighted by atomic mass is 35.5. The minimum Gasteiger partial charge on any atom is -0.478 e. The Morgan fingerprint density at radius 3 is 2.20 bits per heavy atom. The number of nitrogens with zero attached hydrogens (tertiary/aromatic N) is 1. The molecule has 5 rings (SSSR count). The highest BCUT2D eigenvalue weighted by Crippen LogP contribution is 2.45. The summed E-state index contributed by atoms with van der Waals surface area (Å²) in [4.78, 5) is 26.8. The van der Waals surface area contributed by atoms with Crippen molar-refractivity contribution in [1.29, 1.82) is 0 Å². The first-order valence-corrected chi connectivity index (χ1v) is 11.3. The van der Waals surface area contributed by atoms with E-state index >= 15 is 4.39 Å². The van der Waals surface area contributed by atoms with Gasteiger partial charge in [-0.15, -0.1) is 0 Å². The van der Waals surface area contributed by atoms with Crippen LogP contribution in [0.1, 0.15) is 32.6 Å². The smallest absolute Gasteiger partial charge is 0.335 e. The average Bonchev–Trinajstić information content (AvgIpc) is 3.14. The Hall–Kier alpha value is -4.22. The monoisotopic (exact) mass is 483 g/mol. The number of hydrogen-bond acceptors (Lipinski definition) is 2. The Morgan fingerprint density at radius 1 is 0.829 bits per heavy atom. The van der Waals surface area contributed by atoms with Crippen molar-refractivity contribution < 1.29 is 19.1 Å². The number of halogens is 2. The van der Waals surface area contributed by atoms with Crippen molar-refractivity contribution in [3.05, 3.63) is 136 Å². The number of carboxylic acids is 1. The lowest BCUT2D eigenvalue weighted by molar-refractivity contribution is -0.113. The molecule has 1 heterocycles. The molecular formula is C29H19ClFNO3.